The smallest absolute Gasteiger partial charge is 0.315 e. The molecule has 0 radical (unpaired) electrons. The van der Waals surface area contributed by atoms with Gasteiger partial charge in [-0.05, 0) is 42.9 Å². The minimum Gasteiger partial charge on any atom is -0.393 e. The highest BCUT2D eigenvalue weighted by atomic mass is 19.1. The van der Waals surface area contributed by atoms with E-state index in [4.69, 9.17) is 0 Å². The number of nitrogens with one attached hydrogen (secondary N) is 2. The molecule has 1 aliphatic carbocycles. The molecule has 0 aliphatic heterocycles. The van der Waals surface area contributed by atoms with Crippen molar-refractivity contribution in [1.82, 2.24) is 10.6 Å². The van der Waals surface area contributed by atoms with Gasteiger partial charge in [-0.3, -0.25) is 0 Å². The molecular formula is C15H21FN2O2. The van der Waals surface area contributed by atoms with Gasteiger partial charge in [0.1, 0.15) is 5.82 Å². The van der Waals surface area contributed by atoms with Gasteiger partial charge in [0, 0.05) is 6.54 Å². The first-order valence-electron chi connectivity index (χ1n) is 7.11. The van der Waals surface area contributed by atoms with Crippen LogP contribution >= 0.6 is 0 Å². The molecule has 2 rings (SSSR count). The number of amides is 2. The zero-order valence-electron chi connectivity index (χ0n) is 11.7. The van der Waals surface area contributed by atoms with Crippen LogP contribution in [0.25, 0.3) is 0 Å². The molecule has 0 saturated heterocycles. The molecule has 0 heterocycles. The molecule has 1 aromatic rings. The van der Waals surface area contributed by atoms with Crippen molar-refractivity contribution < 1.29 is 14.3 Å². The number of aliphatic hydroxyl groups is 1. The average Bonchev–Trinajstić information content (AvgIpc) is 2.83. The third kappa shape index (κ3) is 3.48. The first kappa shape index (κ1) is 14.8. The first-order chi connectivity index (χ1) is 9.61. The molecule has 0 saturated carbocycles. The van der Waals surface area contributed by atoms with Gasteiger partial charge in [-0.1, -0.05) is 19.1 Å². The first-order valence-corrected chi connectivity index (χ1v) is 7.11. The fraction of sp³-hybridized carbons (Fsp3) is 0.533. The van der Waals surface area contributed by atoms with Crippen molar-refractivity contribution in [3.05, 3.63) is 35.1 Å². The second-order valence-electron chi connectivity index (χ2n) is 5.15. The minimum atomic E-state index is -0.378. The lowest BCUT2D eigenvalue weighted by atomic mass is 10.1. The summed E-state index contributed by atoms with van der Waals surface area (Å²) >= 11 is 0. The van der Waals surface area contributed by atoms with Crippen molar-refractivity contribution >= 4 is 6.03 Å². The Morgan fingerprint density at radius 2 is 2.35 bits per heavy atom. The van der Waals surface area contributed by atoms with Crippen molar-refractivity contribution in [2.24, 2.45) is 0 Å². The van der Waals surface area contributed by atoms with E-state index in [9.17, 15) is 14.3 Å². The van der Waals surface area contributed by atoms with E-state index in [0.29, 0.717) is 31.4 Å². The molecule has 0 fully saturated rings. The highest BCUT2D eigenvalue weighted by molar-refractivity contribution is 5.74. The fourth-order valence-corrected chi connectivity index (χ4v) is 2.53. The van der Waals surface area contributed by atoms with Gasteiger partial charge < -0.3 is 15.7 Å². The number of benzene rings is 1. The molecule has 110 valence electrons. The molecule has 2 unspecified atom stereocenters. The molecule has 3 N–H and O–H groups in total. The van der Waals surface area contributed by atoms with E-state index in [2.05, 4.69) is 10.6 Å². The maximum absolute atomic E-state index is 13.6. The second-order valence-corrected chi connectivity index (χ2v) is 5.15. The number of carbonyl (C=O) groups is 1. The second kappa shape index (κ2) is 6.70. The largest absolute Gasteiger partial charge is 0.393 e. The van der Waals surface area contributed by atoms with Gasteiger partial charge in [0.2, 0.25) is 0 Å². The van der Waals surface area contributed by atoms with Crippen LogP contribution in [-0.2, 0) is 6.42 Å². The highest BCUT2D eigenvalue weighted by Crippen LogP contribution is 2.32. The predicted octanol–water partition coefficient (Wildman–Crippen LogP) is 2.27. The van der Waals surface area contributed by atoms with E-state index < -0.39 is 0 Å². The number of fused-ring (bicyclic) bond motifs is 1. The van der Waals surface area contributed by atoms with E-state index in [-0.39, 0.29) is 24.0 Å². The Labute approximate surface area is 118 Å². The van der Waals surface area contributed by atoms with Gasteiger partial charge in [0.15, 0.2) is 0 Å². The molecule has 2 amide bonds. The van der Waals surface area contributed by atoms with Gasteiger partial charge in [-0.25, -0.2) is 9.18 Å². The van der Waals surface area contributed by atoms with E-state index in [1.54, 1.807) is 6.07 Å². The number of rotatable bonds is 5. The monoisotopic (exact) mass is 280 g/mol. The number of carbonyl (C=O) groups excluding carboxylic acids is 1. The van der Waals surface area contributed by atoms with E-state index in [1.807, 2.05) is 13.0 Å². The maximum Gasteiger partial charge on any atom is 0.315 e. The van der Waals surface area contributed by atoms with Gasteiger partial charge in [-0.2, -0.15) is 0 Å². The van der Waals surface area contributed by atoms with Crippen molar-refractivity contribution in [3.8, 4) is 0 Å². The Balaban J connectivity index is 1.84. The molecule has 0 spiro atoms. The topological polar surface area (TPSA) is 61.4 Å². The molecule has 1 aromatic carbocycles. The summed E-state index contributed by atoms with van der Waals surface area (Å²) in [7, 11) is 0. The quantitative estimate of drug-likeness (QED) is 0.775. The summed E-state index contributed by atoms with van der Waals surface area (Å²) in [5.74, 6) is -0.196. The van der Waals surface area contributed by atoms with Gasteiger partial charge in [0.25, 0.3) is 0 Å². The van der Waals surface area contributed by atoms with Gasteiger partial charge in [0.05, 0.1) is 12.1 Å². The molecule has 0 aromatic heterocycles. The highest BCUT2D eigenvalue weighted by Gasteiger charge is 2.25. The Hall–Kier alpha value is -1.62. The van der Waals surface area contributed by atoms with Crippen molar-refractivity contribution in [2.75, 3.05) is 6.54 Å². The van der Waals surface area contributed by atoms with Crippen molar-refractivity contribution in [3.63, 3.8) is 0 Å². The van der Waals surface area contributed by atoms with Crippen LogP contribution in [0.2, 0.25) is 0 Å². The number of hydrogen-bond acceptors (Lipinski definition) is 2. The van der Waals surface area contributed by atoms with Crippen LogP contribution in [0.3, 0.4) is 0 Å². The standard InChI is InChI=1S/C15H21FN2O2/c1-2-10(19)8-9-17-15(20)18-14-7-6-11-12(14)4-3-5-13(11)16/h3-5,10,14,19H,2,6-9H2,1H3,(H2,17,18,20). The third-order valence-electron chi connectivity index (χ3n) is 3.75. The number of hydrogen-bond donors (Lipinski definition) is 3. The summed E-state index contributed by atoms with van der Waals surface area (Å²) in [6.07, 6.45) is 2.22. The summed E-state index contributed by atoms with van der Waals surface area (Å²) in [6.45, 7) is 2.33. The Kier molecular flexibility index (Phi) is 4.95. The van der Waals surface area contributed by atoms with Crippen LogP contribution in [0.15, 0.2) is 18.2 Å². The van der Waals surface area contributed by atoms with E-state index >= 15 is 0 Å². The van der Waals surface area contributed by atoms with E-state index in [1.165, 1.54) is 6.07 Å². The summed E-state index contributed by atoms with van der Waals surface area (Å²) in [6, 6.07) is 4.58. The van der Waals surface area contributed by atoms with E-state index in [0.717, 1.165) is 12.0 Å². The summed E-state index contributed by atoms with van der Waals surface area (Å²) in [5.41, 5.74) is 1.58. The van der Waals surface area contributed by atoms with Crippen LogP contribution in [0.1, 0.15) is 43.4 Å². The summed E-state index contributed by atoms with van der Waals surface area (Å²) in [4.78, 5) is 11.8. The molecule has 0 bridgehead atoms. The van der Waals surface area contributed by atoms with Crippen LogP contribution in [0, 0.1) is 5.82 Å². The fourth-order valence-electron chi connectivity index (χ4n) is 2.53. The molecule has 2 atom stereocenters. The zero-order chi connectivity index (χ0) is 14.5. The zero-order valence-corrected chi connectivity index (χ0v) is 11.7. The van der Waals surface area contributed by atoms with Crippen LogP contribution < -0.4 is 10.6 Å². The number of aliphatic hydroxyl groups excluding tert-OH is 1. The summed E-state index contributed by atoms with van der Waals surface area (Å²) in [5, 5.41) is 15.0. The van der Waals surface area contributed by atoms with Crippen LogP contribution in [0.4, 0.5) is 9.18 Å². The lowest BCUT2D eigenvalue weighted by molar-refractivity contribution is 0.160. The molecule has 20 heavy (non-hydrogen) atoms. The predicted molar refractivity (Wildman–Crippen MR) is 74.9 cm³/mol. The maximum atomic E-state index is 13.6. The van der Waals surface area contributed by atoms with Crippen molar-refractivity contribution in [1.29, 1.82) is 0 Å². The molecule has 1 aliphatic rings. The van der Waals surface area contributed by atoms with Gasteiger partial charge in [-0.15, -0.1) is 0 Å². The number of urea groups is 1. The lowest BCUT2D eigenvalue weighted by Gasteiger charge is -2.15. The van der Waals surface area contributed by atoms with Crippen LogP contribution in [0.5, 0.6) is 0 Å². The SMILES string of the molecule is CCC(O)CCNC(=O)NC1CCc2c(F)cccc21. The molecule has 4 nitrogen and oxygen atoms in total. The lowest BCUT2D eigenvalue weighted by Crippen LogP contribution is -2.38. The Bertz CT molecular complexity index is 479. The molecule has 5 heteroatoms. The van der Waals surface area contributed by atoms with Crippen LogP contribution in [-0.4, -0.2) is 23.8 Å². The Morgan fingerprint density at radius 3 is 3.10 bits per heavy atom. The molecular weight excluding hydrogens is 259 g/mol. The third-order valence-corrected chi connectivity index (χ3v) is 3.75. The Morgan fingerprint density at radius 1 is 1.55 bits per heavy atom. The minimum absolute atomic E-state index is 0.128. The van der Waals surface area contributed by atoms with Gasteiger partial charge >= 0.3 is 6.03 Å². The average molecular weight is 280 g/mol. The van der Waals surface area contributed by atoms with Crippen molar-refractivity contribution in [2.45, 2.75) is 44.8 Å². The summed E-state index contributed by atoms with van der Waals surface area (Å²) < 4.78 is 13.6. The number of halogens is 1. The normalized spacial score (nSPS) is 18.4.